The number of aliphatic hydroxyl groups excluding tert-OH is 1. The maximum absolute atomic E-state index is 11.6. The Morgan fingerprint density at radius 3 is 2.28 bits per heavy atom. The summed E-state index contributed by atoms with van der Waals surface area (Å²) in [5.41, 5.74) is 0. The van der Waals surface area contributed by atoms with Crippen LogP contribution in [0.4, 0.5) is 0 Å². The molecule has 7 heteroatoms. The summed E-state index contributed by atoms with van der Waals surface area (Å²) < 4.78 is 0. The van der Waals surface area contributed by atoms with Gasteiger partial charge in [0.1, 0.15) is 0 Å². The van der Waals surface area contributed by atoms with Crippen LogP contribution in [0.2, 0.25) is 0 Å². The number of likely N-dealkylation sites (N-methyl/N-ethyl adjacent to an activating group) is 1. The summed E-state index contributed by atoms with van der Waals surface area (Å²) in [5, 5.41) is 6.76. The Bertz CT molecular complexity index is 284. The van der Waals surface area contributed by atoms with E-state index in [1.807, 2.05) is 6.92 Å². The van der Waals surface area contributed by atoms with E-state index < -0.39 is 0 Å². The van der Waals surface area contributed by atoms with Crippen molar-refractivity contribution in [1.82, 2.24) is 9.80 Å². The third kappa shape index (κ3) is 6.35. The minimum Gasteiger partial charge on any atom is -0.665 e. The van der Waals surface area contributed by atoms with E-state index >= 15 is 0 Å². The first kappa shape index (κ1) is 19.7. The third-order valence-corrected chi connectivity index (χ3v) is 2.42. The molecule has 1 heterocycles. The van der Waals surface area contributed by atoms with Crippen LogP contribution in [0.5, 0.6) is 0 Å². The van der Waals surface area contributed by atoms with Crippen LogP contribution in [-0.4, -0.2) is 59.4 Å². The molecule has 2 amide bonds. The first-order valence-corrected chi connectivity index (χ1v) is 5.36. The van der Waals surface area contributed by atoms with Crippen LogP contribution >= 0.6 is 0 Å². The van der Waals surface area contributed by atoms with Crippen molar-refractivity contribution in [2.75, 3.05) is 26.2 Å². The molecule has 1 aliphatic heterocycles. The Labute approximate surface area is 133 Å². The topological polar surface area (TPSA) is 77.9 Å². The molecule has 1 fully saturated rings. The second kappa shape index (κ2) is 10.3. The number of hydrogen-bond donors (Lipinski definition) is 1. The summed E-state index contributed by atoms with van der Waals surface area (Å²) in [6.45, 7) is 8.29. The summed E-state index contributed by atoms with van der Waals surface area (Å²) in [6, 6.07) is 0. The van der Waals surface area contributed by atoms with Crippen LogP contribution in [0.15, 0.2) is 0 Å². The van der Waals surface area contributed by atoms with E-state index in [0.717, 1.165) is 12.5 Å². The standard InChI is InChI=1S/C10H17N2O2.CHO2.Y/c1-4-11-5-6-12(7-9(11)13)10(14)8(2)3;2-1-3;/h4-7H2,1-3H3;(H,2,3);/q2*-1;+3. The van der Waals surface area contributed by atoms with Gasteiger partial charge in [-0.05, 0) is 6.92 Å². The Balaban J connectivity index is 0. The molecule has 1 N–H and O–H groups in total. The number of carbonyl (C=O) groups excluding carboxylic acids is 2. The SMILES string of the molecule is CCN1CCN(C(=O)[C-](C)C)CC1=O.O=[C-]O.[Y+3]. The summed E-state index contributed by atoms with van der Waals surface area (Å²) in [6.07, 6.45) is 0. The maximum Gasteiger partial charge on any atom is 3.00 e. The molecule has 1 aliphatic rings. The Morgan fingerprint density at radius 2 is 1.94 bits per heavy atom. The summed E-state index contributed by atoms with van der Waals surface area (Å²) >= 11 is 0. The van der Waals surface area contributed by atoms with Crippen LogP contribution < -0.4 is 0 Å². The van der Waals surface area contributed by atoms with Crippen LogP contribution in [-0.2, 0) is 47.1 Å². The second-order valence-corrected chi connectivity index (χ2v) is 3.79. The van der Waals surface area contributed by atoms with Gasteiger partial charge in [0.25, 0.3) is 0 Å². The molecule has 0 atom stereocenters. The van der Waals surface area contributed by atoms with E-state index in [0.29, 0.717) is 19.6 Å². The number of piperazine rings is 1. The zero-order chi connectivity index (χ0) is 13.4. The molecule has 1 rings (SSSR count). The molecule has 0 bridgehead atoms. The van der Waals surface area contributed by atoms with Crippen molar-refractivity contribution in [3.05, 3.63) is 5.92 Å². The molecule has 0 aromatic carbocycles. The largest absolute Gasteiger partial charge is 3.00 e. The average Bonchev–Trinajstić information content (AvgIpc) is 2.28. The Morgan fingerprint density at radius 1 is 1.44 bits per heavy atom. The van der Waals surface area contributed by atoms with Gasteiger partial charge in [-0.3, -0.25) is 10.7 Å². The third-order valence-electron chi connectivity index (χ3n) is 2.42. The van der Waals surface area contributed by atoms with E-state index in [1.165, 1.54) is 0 Å². The molecular weight excluding hydrogens is 313 g/mol. The predicted octanol–water partition coefficient (Wildman–Crippen LogP) is -0.0995. The molecule has 98 valence electrons. The van der Waals surface area contributed by atoms with Crippen molar-refractivity contribution < 1.29 is 52.2 Å². The summed E-state index contributed by atoms with van der Waals surface area (Å²) in [7, 11) is 0. The molecule has 1 saturated heterocycles. The van der Waals surface area contributed by atoms with Gasteiger partial charge in [-0.25, -0.2) is 0 Å². The van der Waals surface area contributed by atoms with Gasteiger partial charge in [0.15, 0.2) is 0 Å². The predicted molar refractivity (Wildman–Crippen MR) is 61.7 cm³/mol. The molecule has 0 saturated carbocycles. The van der Waals surface area contributed by atoms with Gasteiger partial charge >= 0.3 is 32.7 Å². The molecule has 0 radical (unpaired) electrons. The van der Waals surface area contributed by atoms with Crippen molar-refractivity contribution in [2.24, 2.45) is 0 Å². The maximum atomic E-state index is 11.6. The van der Waals surface area contributed by atoms with Crippen molar-refractivity contribution in [1.29, 1.82) is 0 Å². The zero-order valence-corrected chi connectivity index (χ0v) is 13.8. The fourth-order valence-corrected chi connectivity index (χ4v) is 1.53. The first-order valence-electron chi connectivity index (χ1n) is 5.36. The van der Waals surface area contributed by atoms with Gasteiger partial charge in [-0.15, -0.1) is 0 Å². The van der Waals surface area contributed by atoms with Crippen molar-refractivity contribution >= 4 is 18.3 Å². The van der Waals surface area contributed by atoms with Crippen LogP contribution in [0.3, 0.4) is 0 Å². The van der Waals surface area contributed by atoms with Gasteiger partial charge in [0.2, 0.25) is 5.91 Å². The van der Waals surface area contributed by atoms with Crippen molar-refractivity contribution in [3.8, 4) is 0 Å². The second-order valence-electron chi connectivity index (χ2n) is 3.79. The van der Waals surface area contributed by atoms with E-state index in [4.69, 9.17) is 9.90 Å². The Kier molecular flexibility index (Phi) is 11.3. The number of hydrogen-bond acceptors (Lipinski definition) is 3. The number of rotatable bonds is 2. The molecule has 0 aromatic heterocycles. The van der Waals surface area contributed by atoms with Crippen molar-refractivity contribution in [3.63, 3.8) is 0 Å². The first-order chi connectivity index (χ1) is 7.97. The van der Waals surface area contributed by atoms with Crippen molar-refractivity contribution in [2.45, 2.75) is 20.8 Å². The fourth-order valence-electron chi connectivity index (χ4n) is 1.53. The minimum absolute atomic E-state index is 0. The quantitative estimate of drug-likeness (QED) is 0.717. The van der Waals surface area contributed by atoms with E-state index in [1.54, 1.807) is 23.6 Å². The van der Waals surface area contributed by atoms with Gasteiger partial charge in [0.05, 0.1) is 12.5 Å². The van der Waals surface area contributed by atoms with Crippen LogP contribution in [0, 0.1) is 5.92 Å². The Hall–Kier alpha value is -0.616. The average molecular weight is 331 g/mol. The van der Waals surface area contributed by atoms with Crippen LogP contribution in [0.25, 0.3) is 0 Å². The molecule has 0 spiro atoms. The number of nitrogens with zero attached hydrogens (tertiary/aromatic N) is 2. The molecule has 0 unspecified atom stereocenters. The summed E-state index contributed by atoms with van der Waals surface area (Å²) in [4.78, 5) is 34.7. The molecule has 6 nitrogen and oxygen atoms in total. The van der Waals surface area contributed by atoms with Crippen LogP contribution in [0.1, 0.15) is 20.8 Å². The number of carbonyl (C=O) groups is 2. The van der Waals surface area contributed by atoms with Gasteiger partial charge in [-0.2, -0.15) is 13.8 Å². The number of amides is 2. The molecule has 18 heavy (non-hydrogen) atoms. The van der Waals surface area contributed by atoms with E-state index in [2.05, 4.69) is 0 Å². The normalized spacial score (nSPS) is 14.1. The molecule has 0 aliphatic carbocycles. The van der Waals surface area contributed by atoms with E-state index in [-0.39, 0.29) is 51.1 Å². The van der Waals surface area contributed by atoms with Gasteiger partial charge in [0, 0.05) is 19.6 Å². The van der Waals surface area contributed by atoms with Gasteiger partial charge in [-0.1, -0.05) is 6.47 Å². The minimum atomic E-state index is -0.00546. The smallest absolute Gasteiger partial charge is 0.665 e. The van der Waals surface area contributed by atoms with E-state index in [9.17, 15) is 9.59 Å². The van der Waals surface area contributed by atoms with Gasteiger partial charge < -0.3 is 24.5 Å². The zero-order valence-electron chi connectivity index (χ0n) is 11.0. The molecule has 0 aromatic rings. The monoisotopic (exact) mass is 331 g/mol. The molecular formula is C11H18N2O4Y+. The fraction of sp³-hybridized carbons (Fsp3) is 0.636. The summed E-state index contributed by atoms with van der Waals surface area (Å²) in [5.74, 6) is 0.783.